The van der Waals surface area contributed by atoms with Crippen molar-refractivity contribution in [1.82, 2.24) is 3.97 Å². The molecule has 3 aromatic rings. The van der Waals surface area contributed by atoms with Crippen molar-refractivity contribution in [3.8, 4) is 11.5 Å². The third-order valence-corrected chi connectivity index (χ3v) is 5.32. The Labute approximate surface area is 139 Å². The molecule has 0 saturated heterocycles. The van der Waals surface area contributed by atoms with Gasteiger partial charge in [0, 0.05) is 24.6 Å². The minimum atomic E-state index is -3.74. The molecule has 0 aliphatic heterocycles. The van der Waals surface area contributed by atoms with Gasteiger partial charge in [-0.2, -0.15) is 0 Å². The average Bonchev–Trinajstić information content (AvgIpc) is 3.03. The van der Waals surface area contributed by atoms with E-state index in [9.17, 15) is 13.5 Å². The molecule has 0 bridgehead atoms. The van der Waals surface area contributed by atoms with Crippen molar-refractivity contribution < 1.29 is 23.4 Å². The number of phenols is 1. The van der Waals surface area contributed by atoms with E-state index < -0.39 is 10.0 Å². The summed E-state index contributed by atoms with van der Waals surface area (Å²) in [6.45, 7) is 0.194. The summed E-state index contributed by atoms with van der Waals surface area (Å²) in [4.78, 5) is 0.179. The Hall–Kier alpha value is -2.51. The highest BCUT2D eigenvalue weighted by Gasteiger charge is 2.21. The van der Waals surface area contributed by atoms with Gasteiger partial charge in [-0.3, -0.25) is 0 Å². The normalized spacial score (nSPS) is 11.7. The van der Waals surface area contributed by atoms with Crippen molar-refractivity contribution in [1.29, 1.82) is 0 Å². The summed E-state index contributed by atoms with van der Waals surface area (Å²) in [5.74, 6) is 0.137. The Morgan fingerprint density at radius 3 is 2.50 bits per heavy atom. The Bertz CT molecular complexity index is 948. The summed E-state index contributed by atoms with van der Waals surface area (Å²) in [6, 6.07) is 12.6. The number of aliphatic hydroxyl groups is 1. The maximum Gasteiger partial charge on any atom is 0.268 e. The number of ether oxygens (including phenoxy) is 1. The molecule has 0 unspecified atom stereocenters. The minimum absolute atomic E-state index is 0.0276. The van der Waals surface area contributed by atoms with Gasteiger partial charge >= 0.3 is 0 Å². The largest absolute Gasteiger partial charge is 0.504 e. The van der Waals surface area contributed by atoms with Crippen molar-refractivity contribution in [2.75, 3.05) is 13.2 Å². The minimum Gasteiger partial charge on any atom is -0.504 e. The van der Waals surface area contributed by atoms with Crippen LogP contribution in [0, 0.1) is 0 Å². The molecule has 1 aromatic heterocycles. The highest BCUT2D eigenvalue weighted by atomic mass is 32.2. The van der Waals surface area contributed by atoms with E-state index in [2.05, 4.69) is 0 Å². The van der Waals surface area contributed by atoms with Gasteiger partial charge in [-0.05, 0) is 30.3 Å². The van der Waals surface area contributed by atoms with Gasteiger partial charge < -0.3 is 14.9 Å². The Morgan fingerprint density at radius 1 is 1.04 bits per heavy atom. The molecule has 0 aliphatic carbocycles. The molecule has 126 valence electrons. The lowest BCUT2D eigenvalue weighted by molar-refractivity contribution is 0.230. The van der Waals surface area contributed by atoms with Crippen LogP contribution in [0.1, 0.15) is 6.42 Å². The molecule has 7 heteroatoms. The maximum atomic E-state index is 12.8. The lowest BCUT2D eigenvalue weighted by Crippen LogP contribution is -2.11. The zero-order valence-corrected chi connectivity index (χ0v) is 13.6. The monoisotopic (exact) mass is 347 g/mol. The number of benzene rings is 2. The quantitative estimate of drug-likeness (QED) is 0.668. The molecule has 1 heterocycles. The van der Waals surface area contributed by atoms with Gasteiger partial charge in [0.1, 0.15) is 0 Å². The lowest BCUT2D eigenvalue weighted by Gasteiger charge is -2.11. The molecule has 24 heavy (non-hydrogen) atoms. The van der Waals surface area contributed by atoms with Crippen molar-refractivity contribution in [3.05, 3.63) is 54.7 Å². The van der Waals surface area contributed by atoms with Crippen LogP contribution >= 0.6 is 0 Å². The second kappa shape index (κ2) is 6.54. The van der Waals surface area contributed by atoms with Gasteiger partial charge in [-0.25, -0.2) is 12.4 Å². The van der Waals surface area contributed by atoms with E-state index in [1.807, 2.05) is 0 Å². The zero-order valence-electron chi connectivity index (χ0n) is 12.8. The third-order valence-electron chi connectivity index (χ3n) is 3.62. The summed E-state index contributed by atoms with van der Waals surface area (Å²) in [5, 5.41) is 19.3. The number of aromatic nitrogens is 1. The number of phenolic OH excluding ortho intramolecular Hbond substituents is 1. The van der Waals surface area contributed by atoms with Crippen LogP contribution in [0.25, 0.3) is 10.9 Å². The molecule has 0 spiro atoms. The van der Waals surface area contributed by atoms with Crippen LogP contribution in [0.4, 0.5) is 0 Å². The molecule has 6 nitrogen and oxygen atoms in total. The summed E-state index contributed by atoms with van der Waals surface area (Å²) in [6.07, 6.45) is 1.85. The van der Waals surface area contributed by atoms with Gasteiger partial charge in [-0.15, -0.1) is 0 Å². The van der Waals surface area contributed by atoms with Crippen molar-refractivity contribution in [3.63, 3.8) is 0 Å². The average molecular weight is 347 g/mol. The van der Waals surface area contributed by atoms with Crippen LogP contribution < -0.4 is 4.74 Å². The summed E-state index contributed by atoms with van der Waals surface area (Å²) < 4.78 is 32.3. The van der Waals surface area contributed by atoms with E-state index in [1.54, 1.807) is 24.3 Å². The van der Waals surface area contributed by atoms with Crippen LogP contribution in [0.3, 0.4) is 0 Å². The molecule has 0 aliphatic rings. The zero-order chi connectivity index (χ0) is 17.2. The predicted octanol–water partition coefficient (Wildman–Crippen LogP) is 2.35. The number of aliphatic hydroxyl groups excluding tert-OH is 1. The number of fused-ring (bicyclic) bond motifs is 1. The molecule has 0 fully saturated rings. The molecule has 0 radical (unpaired) electrons. The Morgan fingerprint density at radius 2 is 1.79 bits per heavy atom. The van der Waals surface area contributed by atoms with Gasteiger partial charge in [0.15, 0.2) is 11.5 Å². The molecule has 0 amide bonds. The van der Waals surface area contributed by atoms with E-state index in [0.29, 0.717) is 17.3 Å². The van der Waals surface area contributed by atoms with Gasteiger partial charge in [0.25, 0.3) is 10.0 Å². The fourth-order valence-electron chi connectivity index (χ4n) is 2.46. The van der Waals surface area contributed by atoms with E-state index in [0.717, 1.165) is 3.97 Å². The highest BCUT2D eigenvalue weighted by molar-refractivity contribution is 7.90. The second-order valence-corrected chi connectivity index (χ2v) is 7.02. The van der Waals surface area contributed by atoms with E-state index in [4.69, 9.17) is 9.84 Å². The molecule has 2 aromatic carbocycles. The van der Waals surface area contributed by atoms with E-state index >= 15 is 0 Å². The molecular formula is C17H17NO5S. The molecule has 0 atom stereocenters. The maximum absolute atomic E-state index is 12.8. The highest BCUT2D eigenvalue weighted by Crippen LogP contribution is 2.36. The predicted molar refractivity (Wildman–Crippen MR) is 89.8 cm³/mol. The summed E-state index contributed by atoms with van der Waals surface area (Å²) >= 11 is 0. The first-order chi connectivity index (χ1) is 11.6. The van der Waals surface area contributed by atoms with Crippen LogP contribution in [0.2, 0.25) is 0 Å². The first kappa shape index (κ1) is 16.4. The van der Waals surface area contributed by atoms with Crippen molar-refractivity contribution >= 4 is 20.9 Å². The van der Waals surface area contributed by atoms with Gasteiger partial charge in [0.05, 0.1) is 17.0 Å². The third kappa shape index (κ3) is 2.83. The number of aromatic hydroxyl groups is 1. The van der Waals surface area contributed by atoms with Crippen molar-refractivity contribution in [2.24, 2.45) is 0 Å². The molecule has 2 N–H and O–H groups in total. The van der Waals surface area contributed by atoms with Crippen molar-refractivity contribution in [2.45, 2.75) is 11.3 Å². The van der Waals surface area contributed by atoms with E-state index in [1.165, 1.54) is 30.5 Å². The number of rotatable bonds is 6. The fourth-order valence-corrected chi connectivity index (χ4v) is 3.83. The van der Waals surface area contributed by atoms with Gasteiger partial charge in [-0.1, -0.05) is 18.2 Å². The Balaban J connectivity index is 2.10. The number of hydrogen-bond acceptors (Lipinski definition) is 5. The van der Waals surface area contributed by atoms with Crippen LogP contribution in [-0.2, 0) is 10.0 Å². The van der Waals surface area contributed by atoms with Crippen LogP contribution in [-0.4, -0.2) is 35.8 Å². The fraction of sp³-hybridized carbons (Fsp3) is 0.176. The first-order valence-corrected chi connectivity index (χ1v) is 8.87. The van der Waals surface area contributed by atoms with E-state index in [-0.39, 0.29) is 29.6 Å². The molecular weight excluding hydrogens is 330 g/mol. The molecule has 0 saturated carbocycles. The lowest BCUT2D eigenvalue weighted by atomic mass is 10.2. The van der Waals surface area contributed by atoms with Gasteiger partial charge in [0.2, 0.25) is 0 Å². The number of hydrogen-bond donors (Lipinski definition) is 2. The topological polar surface area (TPSA) is 88.8 Å². The number of nitrogens with zero attached hydrogens (tertiary/aromatic N) is 1. The second-order valence-electron chi connectivity index (χ2n) is 5.20. The molecule has 3 rings (SSSR count). The summed E-state index contributed by atoms with van der Waals surface area (Å²) in [7, 11) is -3.74. The Kier molecular flexibility index (Phi) is 4.46. The van der Waals surface area contributed by atoms with Crippen LogP contribution in [0.5, 0.6) is 11.5 Å². The summed E-state index contributed by atoms with van der Waals surface area (Å²) in [5.41, 5.74) is 0.413. The first-order valence-electron chi connectivity index (χ1n) is 7.43. The smallest absolute Gasteiger partial charge is 0.268 e. The van der Waals surface area contributed by atoms with Crippen LogP contribution in [0.15, 0.2) is 59.6 Å². The SMILES string of the molecule is O=S(=O)(c1ccccc1)n1ccc2c(OCCCO)c(O)ccc21. The standard InChI is InChI=1S/C17H17NO5S/c19-11-4-12-23-17-14-9-10-18(15(14)7-8-16(17)20)24(21,22)13-5-2-1-3-6-13/h1-3,5-10,19-20H,4,11-12H2.